The molecule has 0 aromatic rings. The monoisotopic (exact) mass is 225 g/mol. The number of hydrogen-bond donors (Lipinski definition) is 3. The molecular weight excluding hydrogens is 209 g/mol. The van der Waals surface area contributed by atoms with Crippen LogP contribution in [0.4, 0.5) is 0 Å². The maximum Gasteiger partial charge on any atom is 0.345 e. The van der Waals surface area contributed by atoms with Crippen LogP contribution in [0.1, 0.15) is 20.8 Å². The van der Waals surface area contributed by atoms with Crippen molar-refractivity contribution in [3.05, 3.63) is 0 Å². The third-order valence-corrected chi connectivity index (χ3v) is 3.19. The summed E-state index contributed by atoms with van der Waals surface area (Å²) in [5.41, 5.74) is 5.19. The number of carboxylic acids is 1. The van der Waals surface area contributed by atoms with Gasteiger partial charge in [-0.25, -0.2) is 4.79 Å². The van der Waals surface area contributed by atoms with E-state index in [4.69, 9.17) is 10.8 Å². The predicted molar refractivity (Wildman–Crippen MR) is 50.8 cm³/mol. The van der Waals surface area contributed by atoms with Crippen molar-refractivity contribution in [2.45, 2.75) is 32.7 Å². The molecule has 0 aliphatic rings. The molecule has 0 bridgehead atoms. The Morgan fingerprint density at radius 1 is 1.43 bits per heavy atom. The highest BCUT2D eigenvalue weighted by Crippen LogP contribution is 2.46. The second-order valence-corrected chi connectivity index (χ2v) is 5.57. The van der Waals surface area contributed by atoms with Gasteiger partial charge in [-0.05, 0) is 12.8 Å². The highest BCUT2D eigenvalue weighted by atomic mass is 31.2. The zero-order valence-electron chi connectivity index (χ0n) is 8.38. The maximum atomic E-state index is 11.3. The second kappa shape index (κ2) is 4.89. The minimum absolute atomic E-state index is 0.397. The Morgan fingerprint density at radius 3 is 2.07 bits per heavy atom. The fourth-order valence-corrected chi connectivity index (χ4v) is 1.56. The number of carbonyl (C=O) groups is 1. The van der Waals surface area contributed by atoms with Gasteiger partial charge in [0.1, 0.15) is 5.78 Å². The van der Waals surface area contributed by atoms with Crippen LogP contribution >= 0.6 is 7.60 Å². The average Bonchev–Trinajstić information content (AvgIpc) is 1.98. The fourth-order valence-electron chi connectivity index (χ4n) is 0.711. The van der Waals surface area contributed by atoms with E-state index in [2.05, 4.69) is 4.52 Å². The van der Waals surface area contributed by atoms with Crippen LogP contribution < -0.4 is 5.73 Å². The van der Waals surface area contributed by atoms with E-state index in [9.17, 15) is 14.3 Å². The van der Waals surface area contributed by atoms with Crippen LogP contribution in [0.25, 0.3) is 0 Å². The highest BCUT2D eigenvalue weighted by molar-refractivity contribution is 7.53. The van der Waals surface area contributed by atoms with Gasteiger partial charge in [0.05, 0.1) is 0 Å². The third kappa shape index (κ3) is 3.75. The molecule has 4 N–H and O–H groups in total. The quantitative estimate of drug-likeness (QED) is 0.591. The first-order chi connectivity index (χ1) is 6.18. The average molecular weight is 225 g/mol. The van der Waals surface area contributed by atoms with Crippen molar-refractivity contribution >= 4 is 13.6 Å². The molecule has 0 aromatic heterocycles. The molecule has 0 amide bonds. The van der Waals surface area contributed by atoms with Crippen molar-refractivity contribution < 1.29 is 23.9 Å². The summed E-state index contributed by atoms with van der Waals surface area (Å²) in [5, 5.41) is 8.69. The molecule has 0 rings (SSSR count). The van der Waals surface area contributed by atoms with Gasteiger partial charge in [-0.2, -0.15) is 0 Å². The van der Waals surface area contributed by atoms with Gasteiger partial charge >= 0.3 is 13.6 Å². The first kappa shape index (κ1) is 13.6. The van der Waals surface area contributed by atoms with Crippen molar-refractivity contribution in [3.8, 4) is 0 Å². The molecule has 6 nitrogen and oxygen atoms in total. The molecule has 0 aromatic carbocycles. The molecule has 0 fully saturated rings. The first-order valence-corrected chi connectivity index (χ1v) is 5.82. The van der Waals surface area contributed by atoms with Gasteiger partial charge in [0.15, 0.2) is 6.10 Å². The summed E-state index contributed by atoms with van der Waals surface area (Å²) in [6.07, 6.45) is -1.31. The van der Waals surface area contributed by atoms with E-state index in [0.717, 1.165) is 0 Å². The molecule has 0 aliphatic heterocycles. The number of aliphatic carboxylic acids is 1. The summed E-state index contributed by atoms with van der Waals surface area (Å²) in [5.74, 6) is -2.76. The summed E-state index contributed by atoms with van der Waals surface area (Å²) in [6.45, 7) is 4.46. The summed E-state index contributed by atoms with van der Waals surface area (Å²) in [4.78, 5) is 19.8. The zero-order chi connectivity index (χ0) is 11.5. The molecule has 1 unspecified atom stereocenters. The van der Waals surface area contributed by atoms with Gasteiger partial charge in [0, 0.05) is 0 Å². The van der Waals surface area contributed by atoms with Gasteiger partial charge in [-0.15, -0.1) is 0 Å². The Hall–Kier alpha value is -0.420. The lowest BCUT2D eigenvalue weighted by molar-refractivity contribution is -0.147. The van der Waals surface area contributed by atoms with E-state index >= 15 is 0 Å². The lowest BCUT2D eigenvalue weighted by atomic mass is 10.1. The summed E-state index contributed by atoms with van der Waals surface area (Å²) in [6, 6.07) is 0. The normalized spacial score (nSPS) is 20.1. The van der Waals surface area contributed by atoms with E-state index in [1.807, 2.05) is 0 Å². The summed E-state index contributed by atoms with van der Waals surface area (Å²) in [7, 11) is -4.03. The fraction of sp³-hybridized carbons (Fsp3) is 0.857. The van der Waals surface area contributed by atoms with E-state index in [-0.39, 0.29) is 0 Å². The molecule has 3 atom stereocenters. The van der Waals surface area contributed by atoms with E-state index in [1.165, 1.54) is 6.92 Å². The predicted octanol–water partition coefficient (Wildman–Crippen LogP) is 0.602. The van der Waals surface area contributed by atoms with Crippen LogP contribution in [0.5, 0.6) is 0 Å². The van der Waals surface area contributed by atoms with Crippen molar-refractivity contribution in [1.82, 2.24) is 0 Å². The molecule has 7 heteroatoms. The Bertz CT molecular complexity index is 252. The maximum absolute atomic E-state index is 11.3. The van der Waals surface area contributed by atoms with Crippen LogP contribution in [0.2, 0.25) is 0 Å². The Kier molecular flexibility index (Phi) is 4.74. The topological polar surface area (TPSA) is 110 Å². The van der Waals surface area contributed by atoms with Crippen LogP contribution in [0, 0.1) is 5.92 Å². The van der Waals surface area contributed by atoms with Crippen molar-refractivity contribution in [2.24, 2.45) is 11.7 Å². The van der Waals surface area contributed by atoms with Gasteiger partial charge in [0.2, 0.25) is 0 Å². The molecule has 84 valence electrons. The molecular formula is C7H16NO5P. The van der Waals surface area contributed by atoms with Crippen LogP contribution in [0.15, 0.2) is 0 Å². The van der Waals surface area contributed by atoms with Crippen LogP contribution in [-0.4, -0.2) is 27.9 Å². The lowest BCUT2D eigenvalue weighted by Gasteiger charge is -2.22. The van der Waals surface area contributed by atoms with Gasteiger partial charge in [0.25, 0.3) is 0 Å². The largest absolute Gasteiger partial charge is 0.479 e. The minimum Gasteiger partial charge on any atom is -0.479 e. The molecule has 0 saturated carbocycles. The first-order valence-electron chi connectivity index (χ1n) is 4.17. The molecule has 0 saturated heterocycles. The summed E-state index contributed by atoms with van der Waals surface area (Å²) < 4.78 is 15.9. The molecule has 0 aliphatic carbocycles. The number of nitrogens with two attached hydrogens (primary N) is 1. The molecule has 0 spiro atoms. The lowest BCUT2D eigenvalue weighted by Crippen LogP contribution is -2.31. The number of rotatable bonds is 5. The SMILES string of the molecule is CC(C)[C@@H](OP(=O)(O)[C@H](C)N)C(=O)O. The van der Waals surface area contributed by atoms with E-state index in [1.54, 1.807) is 13.8 Å². The highest BCUT2D eigenvalue weighted by Gasteiger charge is 2.34. The Morgan fingerprint density at radius 2 is 1.86 bits per heavy atom. The third-order valence-electron chi connectivity index (χ3n) is 1.63. The van der Waals surface area contributed by atoms with Crippen molar-refractivity contribution in [1.29, 1.82) is 0 Å². The van der Waals surface area contributed by atoms with Gasteiger partial charge < -0.3 is 15.7 Å². The van der Waals surface area contributed by atoms with Crippen LogP contribution in [0.3, 0.4) is 0 Å². The smallest absolute Gasteiger partial charge is 0.345 e. The van der Waals surface area contributed by atoms with E-state index < -0.39 is 31.4 Å². The van der Waals surface area contributed by atoms with Crippen molar-refractivity contribution in [2.75, 3.05) is 0 Å². The van der Waals surface area contributed by atoms with E-state index in [0.29, 0.717) is 0 Å². The van der Waals surface area contributed by atoms with Crippen molar-refractivity contribution in [3.63, 3.8) is 0 Å². The summed E-state index contributed by atoms with van der Waals surface area (Å²) >= 11 is 0. The van der Waals surface area contributed by atoms with Gasteiger partial charge in [-0.3, -0.25) is 9.09 Å². The molecule has 0 heterocycles. The standard InChI is InChI=1S/C7H16NO5P/c1-4(2)6(7(9)10)13-14(11,12)5(3)8/h4-6H,8H2,1-3H3,(H,9,10)(H,11,12)/t5-,6-/m1/s1. The minimum atomic E-state index is -4.03. The molecule has 14 heavy (non-hydrogen) atoms. The van der Waals surface area contributed by atoms with Crippen LogP contribution in [-0.2, 0) is 13.9 Å². The number of carboxylic acid groups (broad SMARTS) is 1. The zero-order valence-corrected chi connectivity index (χ0v) is 9.27. The number of hydrogen-bond acceptors (Lipinski definition) is 4. The molecule has 0 radical (unpaired) electrons. The Balaban J connectivity index is 4.61. The second-order valence-electron chi connectivity index (χ2n) is 3.41. The van der Waals surface area contributed by atoms with Gasteiger partial charge in [-0.1, -0.05) is 13.8 Å². The Labute approximate surface area is 82.6 Å².